The molecule has 5 heterocycles. The van der Waals surface area contributed by atoms with Gasteiger partial charge in [-0.3, -0.25) is 4.79 Å². The average Bonchev–Trinajstić information content (AvgIpc) is 3.66. The minimum absolute atomic E-state index is 0.0990. The summed E-state index contributed by atoms with van der Waals surface area (Å²) < 4.78 is 28.7. The lowest BCUT2D eigenvalue weighted by Gasteiger charge is -2.40. The molecule has 2 atom stereocenters. The first-order valence-corrected chi connectivity index (χ1v) is 15.0. The first kappa shape index (κ1) is 25.4. The highest BCUT2D eigenvalue weighted by Crippen LogP contribution is 2.29. The Morgan fingerprint density at radius 2 is 2.13 bits per heavy atom. The molecule has 3 N–H and O–H groups in total. The van der Waals surface area contributed by atoms with E-state index in [2.05, 4.69) is 42.8 Å². The van der Waals surface area contributed by atoms with Crippen LogP contribution in [0.1, 0.15) is 39.5 Å². The van der Waals surface area contributed by atoms with Crippen molar-refractivity contribution in [3.8, 4) is 0 Å². The van der Waals surface area contributed by atoms with Crippen LogP contribution in [0.5, 0.6) is 0 Å². The normalized spacial score (nSPS) is 20.6. The number of piperazine rings is 1. The highest BCUT2D eigenvalue weighted by molar-refractivity contribution is 7.89. The van der Waals surface area contributed by atoms with Crippen LogP contribution in [0.4, 0.5) is 0 Å². The van der Waals surface area contributed by atoms with Crippen LogP contribution in [0.3, 0.4) is 0 Å². The van der Waals surface area contributed by atoms with Gasteiger partial charge in [0.1, 0.15) is 10.9 Å². The molecule has 0 bridgehead atoms. The number of hydrogen-bond acceptors (Lipinski definition) is 9. The maximum atomic E-state index is 13.7. The molecule has 38 heavy (non-hydrogen) atoms. The Balaban J connectivity index is 1.26. The van der Waals surface area contributed by atoms with Crippen molar-refractivity contribution >= 4 is 49.8 Å². The number of nitrogens with zero attached hydrogens (tertiary/aromatic N) is 6. The van der Waals surface area contributed by atoms with Crippen molar-refractivity contribution < 1.29 is 13.2 Å². The summed E-state index contributed by atoms with van der Waals surface area (Å²) in [5.41, 5.74) is 1.65. The first-order chi connectivity index (χ1) is 18.3. The lowest BCUT2D eigenvalue weighted by Crippen LogP contribution is -2.56. The molecule has 6 rings (SSSR count). The fourth-order valence-electron chi connectivity index (χ4n) is 5.03. The minimum Gasteiger partial charge on any atom is -0.345 e. The van der Waals surface area contributed by atoms with Crippen molar-refractivity contribution in [3.05, 3.63) is 50.7 Å². The zero-order valence-electron chi connectivity index (χ0n) is 20.5. The summed E-state index contributed by atoms with van der Waals surface area (Å²) >= 11 is 7.50. The molecule has 0 radical (unpaired) electrons. The number of amides is 1. The highest BCUT2D eigenvalue weighted by atomic mass is 35.5. The lowest BCUT2D eigenvalue weighted by atomic mass is 10.1. The number of halogens is 1. The smallest absolute Gasteiger partial charge is 0.283 e. The van der Waals surface area contributed by atoms with E-state index in [-0.39, 0.29) is 36.6 Å². The number of H-pyrrole nitrogens is 2. The summed E-state index contributed by atoms with van der Waals surface area (Å²) in [7, 11) is -3.84. The van der Waals surface area contributed by atoms with Crippen LogP contribution in [-0.4, -0.2) is 85.8 Å². The number of carbonyl (C=O) groups excluding carboxylic acids is 1. The molecule has 2 aliphatic heterocycles. The third kappa shape index (κ3) is 4.82. The fraction of sp³-hybridized carbons (Fsp3) is 0.435. The number of aromatic amines is 2. The van der Waals surface area contributed by atoms with Crippen molar-refractivity contribution in [2.24, 2.45) is 0 Å². The Labute approximate surface area is 227 Å². The Bertz CT molecular complexity index is 1580. The van der Waals surface area contributed by atoms with Crippen LogP contribution in [-0.2, 0) is 29.4 Å². The second-order valence-corrected chi connectivity index (χ2v) is 13.1. The van der Waals surface area contributed by atoms with E-state index in [1.807, 2.05) is 0 Å². The van der Waals surface area contributed by atoms with Gasteiger partial charge in [0.25, 0.3) is 15.9 Å². The van der Waals surface area contributed by atoms with E-state index >= 15 is 0 Å². The number of rotatable bonds is 6. The zero-order chi connectivity index (χ0) is 26.4. The molecular weight excluding hydrogens is 550 g/mol. The van der Waals surface area contributed by atoms with Crippen molar-refractivity contribution in [1.82, 2.24) is 45.1 Å². The topological polar surface area (TPSA) is 153 Å². The number of carbonyl (C=O) groups is 1. The summed E-state index contributed by atoms with van der Waals surface area (Å²) in [6.07, 6.45) is 1.74. The third-order valence-corrected chi connectivity index (χ3v) is 10.2. The molecule has 0 saturated carbocycles. The van der Waals surface area contributed by atoms with E-state index in [9.17, 15) is 13.2 Å². The summed E-state index contributed by atoms with van der Waals surface area (Å²) in [5, 5.41) is 19.1. The zero-order valence-corrected chi connectivity index (χ0v) is 22.9. The van der Waals surface area contributed by atoms with E-state index < -0.39 is 10.0 Å². The fourth-order valence-corrected chi connectivity index (χ4v) is 7.69. The van der Waals surface area contributed by atoms with Crippen LogP contribution < -0.4 is 5.32 Å². The van der Waals surface area contributed by atoms with Gasteiger partial charge in [-0.1, -0.05) is 11.6 Å². The molecule has 1 aromatic carbocycles. The van der Waals surface area contributed by atoms with Gasteiger partial charge in [-0.05, 0) is 48.0 Å². The van der Waals surface area contributed by atoms with Gasteiger partial charge in [0.15, 0.2) is 5.01 Å². The molecule has 15 heteroatoms. The quantitative estimate of drug-likeness (QED) is 0.315. The number of fused-ring (bicyclic) bond motifs is 2. The SMILES string of the molecule is CC1Cc2nc(C(=O)N3CCN(S(=O)(=O)c4cc5cc(Cl)ccc5[nH]4)CC3CCc3nnn[nH]3)sc2CN1. The molecule has 3 aromatic heterocycles. The van der Waals surface area contributed by atoms with Crippen LogP contribution in [0, 0.1) is 0 Å². The van der Waals surface area contributed by atoms with Gasteiger partial charge in [0, 0.05) is 71.9 Å². The number of sulfonamides is 1. The van der Waals surface area contributed by atoms with Gasteiger partial charge in [0.2, 0.25) is 0 Å². The second kappa shape index (κ2) is 10.0. The van der Waals surface area contributed by atoms with Crippen LogP contribution in [0.2, 0.25) is 5.02 Å². The van der Waals surface area contributed by atoms with E-state index in [1.54, 1.807) is 29.2 Å². The molecule has 0 aliphatic carbocycles. The van der Waals surface area contributed by atoms with Crippen molar-refractivity contribution in [3.63, 3.8) is 0 Å². The van der Waals surface area contributed by atoms with Crippen LogP contribution in [0.25, 0.3) is 10.9 Å². The number of benzene rings is 1. The number of hydrogen-bond donors (Lipinski definition) is 3. The lowest BCUT2D eigenvalue weighted by molar-refractivity contribution is 0.0549. The van der Waals surface area contributed by atoms with E-state index in [1.165, 1.54) is 15.6 Å². The Kier molecular flexibility index (Phi) is 6.68. The van der Waals surface area contributed by atoms with Gasteiger partial charge in [0.05, 0.1) is 5.69 Å². The predicted octanol–water partition coefficient (Wildman–Crippen LogP) is 1.97. The van der Waals surface area contributed by atoms with Crippen LogP contribution in [0.15, 0.2) is 29.3 Å². The number of tetrazole rings is 1. The molecular formula is C23H26ClN9O3S2. The molecule has 200 valence electrons. The summed E-state index contributed by atoms with van der Waals surface area (Å²) in [6, 6.07) is 6.71. The summed E-state index contributed by atoms with van der Waals surface area (Å²) in [4.78, 5) is 24.2. The standard InChI is InChI=1S/C23H26ClN9O3S2/c1-13-8-18-19(11-25-13)37-22(27-18)23(34)33-7-6-32(12-16(33)3-5-20-28-30-31-29-20)38(35,36)21-10-14-9-15(24)2-4-17(14)26-21/h2,4,9-10,13,16,25-26H,3,5-8,11-12H2,1H3,(H,28,29,30,31). The summed E-state index contributed by atoms with van der Waals surface area (Å²) in [6.45, 7) is 3.37. The molecule has 2 unspecified atom stereocenters. The Morgan fingerprint density at radius 1 is 1.26 bits per heavy atom. The van der Waals surface area contributed by atoms with Crippen molar-refractivity contribution in [2.45, 2.75) is 49.8 Å². The number of aryl methyl sites for hydroxylation is 1. The van der Waals surface area contributed by atoms with Crippen molar-refractivity contribution in [2.75, 3.05) is 19.6 Å². The Hall–Kier alpha value is -2.91. The van der Waals surface area contributed by atoms with Gasteiger partial charge in [-0.25, -0.2) is 18.5 Å². The number of thiazole rings is 1. The molecule has 0 spiro atoms. The predicted molar refractivity (Wildman–Crippen MR) is 142 cm³/mol. The minimum atomic E-state index is -3.84. The Morgan fingerprint density at radius 3 is 2.95 bits per heavy atom. The first-order valence-electron chi connectivity index (χ1n) is 12.3. The summed E-state index contributed by atoms with van der Waals surface area (Å²) in [5.74, 6) is 0.407. The van der Waals surface area contributed by atoms with Gasteiger partial charge in [-0.2, -0.15) is 4.31 Å². The van der Waals surface area contributed by atoms with Crippen molar-refractivity contribution in [1.29, 1.82) is 0 Å². The van der Waals surface area contributed by atoms with E-state index in [0.29, 0.717) is 46.8 Å². The second-order valence-electron chi connectivity index (χ2n) is 9.64. The molecule has 12 nitrogen and oxygen atoms in total. The number of aromatic nitrogens is 6. The maximum absolute atomic E-state index is 13.7. The molecule has 1 saturated heterocycles. The number of nitrogens with one attached hydrogen (secondary N) is 3. The van der Waals surface area contributed by atoms with Gasteiger partial charge >= 0.3 is 0 Å². The molecule has 4 aromatic rings. The molecule has 1 amide bonds. The molecule has 1 fully saturated rings. The largest absolute Gasteiger partial charge is 0.345 e. The molecule has 2 aliphatic rings. The van der Waals surface area contributed by atoms with Crippen LogP contribution >= 0.6 is 22.9 Å². The van der Waals surface area contributed by atoms with E-state index in [4.69, 9.17) is 11.6 Å². The van der Waals surface area contributed by atoms with Gasteiger partial charge in [-0.15, -0.1) is 16.4 Å². The van der Waals surface area contributed by atoms with Gasteiger partial charge < -0.3 is 15.2 Å². The highest BCUT2D eigenvalue weighted by Gasteiger charge is 2.38. The average molecular weight is 576 g/mol. The maximum Gasteiger partial charge on any atom is 0.283 e. The monoisotopic (exact) mass is 575 g/mol. The van der Waals surface area contributed by atoms with E-state index in [0.717, 1.165) is 22.4 Å². The third-order valence-electron chi connectivity index (χ3n) is 7.06.